The molecule has 0 saturated heterocycles. The van der Waals surface area contributed by atoms with Crippen LogP contribution in [-0.4, -0.2) is 19.2 Å². The van der Waals surface area contributed by atoms with E-state index in [9.17, 15) is 4.79 Å². The zero-order valence-electron chi connectivity index (χ0n) is 6.38. The Bertz CT molecular complexity index is 292. The van der Waals surface area contributed by atoms with Gasteiger partial charge in [0.25, 0.3) is 5.56 Å². The molecule has 0 saturated carbocycles. The van der Waals surface area contributed by atoms with Crippen LogP contribution in [0, 0.1) is 0 Å². The van der Waals surface area contributed by atoms with Crippen molar-refractivity contribution in [1.29, 1.82) is 0 Å². The van der Waals surface area contributed by atoms with Gasteiger partial charge in [-0.1, -0.05) is 0 Å². The highest BCUT2D eigenvalue weighted by molar-refractivity contribution is 5.22. The van der Waals surface area contributed by atoms with Gasteiger partial charge in [-0.15, -0.1) is 0 Å². The van der Waals surface area contributed by atoms with Crippen LogP contribution in [0.2, 0.25) is 0 Å². The van der Waals surface area contributed by atoms with Crippen molar-refractivity contribution in [2.45, 2.75) is 0 Å². The van der Waals surface area contributed by atoms with E-state index >= 15 is 0 Å². The van der Waals surface area contributed by atoms with Gasteiger partial charge in [-0.2, -0.15) is 0 Å². The van der Waals surface area contributed by atoms with Gasteiger partial charge < -0.3 is 9.47 Å². The topological polar surface area (TPSA) is 51.3 Å². The molecule has 1 heterocycles. The van der Waals surface area contributed by atoms with Crippen LogP contribution < -0.4 is 15.0 Å². The third kappa shape index (κ3) is 1.52. The summed E-state index contributed by atoms with van der Waals surface area (Å²) in [6.45, 7) is 0. The van der Waals surface area contributed by atoms with E-state index in [2.05, 4.69) is 4.98 Å². The molecule has 0 aliphatic rings. The maximum Gasteiger partial charge on any atom is 0.293 e. The Morgan fingerprint density at radius 1 is 1.27 bits per heavy atom. The number of hydrogen-bond donors (Lipinski definition) is 1. The highest BCUT2D eigenvalue weighted by Crippen LogP contribution is 2.06. The second kappa shape index (κ2) is 3.09. The quantitative estimate of drug-likeness (QED) is 0.672. The van der Waals surface area contributed by atoms with Crippen LogP contribution in [0.5, 0.6) is 11.6 Å². The normalized spacial score (nSPS) is 9.27. The molecule has 1 aromatic rings. The van der Waals surface area contributed by atoms with Gasteiger partial charge in [-0.3, -0.25) is 9.78 Å². The molecule has 0 aliphatic carbocycles. The molecule has 0 bridgehead atoms. The fourth-order valence-electron chi connectivity index (χ4n) is 0.722. The molecule has 0 radical (unpaired) electrons. The van der Waals surface area contributed by atoms with Crippen molar-refractivity contribution in [2.24, 2.45) is 0 Å². The molecule has 0 atom stereocenters. The lowest BCUT2D eigenvalue weighted by atomic mass is 10.4. The van der Waals surface area contributed by atoms with E-state index in [1.807, 2.05) is 0 Å². The number of pyridine rings is 1. The van der Waals surface area contributed by atoms with E-state index in [-0.39, 0.29) is 11.3 Å². The van der Waals surface area contributed by atoms with Crippen molar-refractivity contribution in [1.82, 2.24) is 4.98 Å². The van der Waals surface area contributed by atoms with Crippen LogP contribution in [0.3, 0.4) is 0 Å². The molecule has 60 valence electrons. The molecule has 1 rings (SSSR count). The second-order valence-electron chi connectivity index (χ2n) is 1.92. The first-order valence-corrected chi connectivity index (χ1v) is 3.09. The van der Waals surface area contributed by atoms with Gasteiger partial charge in [0.1, 0.15) is 0 Å². The van der Waals surface area contributed by atoms with E-state index in [4.69, 9.17) is 9.47 Å². The molecule has 1 aromatic heterocycles. The third-order valence-corrected chi connectivity index (χ3v) is 1.29. The largest absolute Gasteiger partial charge is 0.491 e. The zero-order valence-corrected chi connectivity index (χ0v) is 6.38. The summed E-state index contributed by atoms with van der Waals surface area (Å²) in [6.07, 6.45) is 0. The fourth-order valence-corrected chi connectivity index (χ4v) is 0.722. The van der Waals surface area contributed by atoms with Crippen molar-refractivity contribution in [3.63, 3.8) is 0 Å². The van der Waals surface area contributed by atoms with Gasteiger partial charge in [-0.25, -0.2) is 0 Å². The summed E-state index contributed by atoms with van der Waals surface area (Å²) in [5, 5.41) is 0. The van der Waals surface area contributed by atoms with Gasteiger partial charge in [0.05, 0.1) is 14.2 Å². The van der Waals surface area contributed by atoms with E-state index in [1.165, 1.54) is 14.2 Å². The van der Waals surface area contributed by atoms with Gasteiger partial charge in [0, 0.05) is 6.07 Å². The van der Waals surface area contributed by atoms with Gasteiger partial charge in [0.2, 0.25) is 0 Å². The lowest BCUT2D eigenvalue weighted by Crippen LogP contribution is -2.09. The average molecular weight is 155 g/mol. The molecule has 4 nitrogen and oxygen atoms in total. The summed E-state index contributed by atoms with van der Waals surface area (Å²) >= 11 is 0. The highest BCUT2D eigenvalue weighted by Gasteiger charge is 1.98. The van der Waals surface area contributed by atoms with E-state index in [1.54, 1.807) is 12.1 Å². The number of aromatic nitrogens is 1. The van der Waals surface area contributed by atoms with Crippen LogP contribution in [-0.2, 0) is 0 Å². The van der Waals surface area contributed by atoms with Crippen LogP contribution >= 0.6 is 0 Å². The molecule has 4 heteroatoms. The Hall–Kier alpha value is -1.45. The first-order valence-electron chi connectivity index (χ1n) is 3.09. The first kappa shape index (κ1) is 7.65. The highest BCUT2D eigenvalue weighted by atomic mass is 16.5. The van der Waals surface area contributed by atoms with Crippen molar-refractivity contribution < 1.29 is 9.47 Å². The number of rotatable bonds is 2. The average Bonchev–Trinajstić information content (AvgIpc) is 2.04. The minimum absolute atomic E-state index is 0.283. The molecular formula is C7H9NO3. The minimum atomic E-state index is -0.285. The maximum atomic E-state index is 11.0. The SMILES string of the molecule is COc1ccc(OC)c(=O)[nH]1. The van der Waals surface area contributed by atoms with Gasteiger partial charge >= 0.3 is 0 Å². The van der Waals surface area contributed by atoms with E-state index in [0.29, 0.717) is 5.88 Å². The molecule has 0 aliphatic heterocycles. The standard InChI is InChI=1S/C7H9NO3/c1-10-5-3-4-6(11-2)8-7(5)9/h3-4H,1-2H3,(H,8,9). The number of ether oxygens (including phenoxy) is 2. The summed E-state index contributed by atoms with van der Waals surface area (Å²) in [4.78, 5) is 13.4. The number of hydrogen-bond acceptors (Lipinski definition) is 3. The Kier molecular flexibility index (Phi) is 2.15. The lowest BCUT2D eigenvalue weighted by molar-refractivity contribution is 0.383. The first-order chi connectivity index (χ1) is 5.27. The summed E-state index contributed by atoms with van der Waals surface area (Å²) in [5.74, 6) is 0.710. The molecular weight excluding hydrogens is 146 g/mol. The molecule has 0 aromatic carbocycles. The Balaban J connectivity index is 3.10. The predicted octanol–water partition coefficient (Wildman–Crippen LogP) is 0.392. The minimum Gasteiger partial charge on any atom is -0.491 e. The molecule has 0 spiro atoms. The number of H-pyrrole nitrogens is 1. The van der Waals surface area contributed by atoms with Crippen molar-refractivity contribution >= 4 is 0 Å². The monoisotopic (exact) mass is 155 g/mol. The Labute approximate surface area is 63.8 Å². The number of nitrogens with one attached hydrogen (secondary N) is 1. The summed E-state index contributed by atoms with van der Waals surface area (Å²) in [6, 6.07) is 3.18. The van der Waals surface area contributed by atoms with Crippen LogP contribution in [0.1, 0.15) is 0 Å². The molecule has 0 fully saturated rings. The number of aromatic amines is 1. The van der Waals surface area contributed by atoms with Crippen molar-refractivity contribution in [2.75, 3.05) is 14.2 Å². The molecule has 0 unspecified atom stereocenters. The molecule has 1 N–H and O–H groups in total. The summed E-state index contributed by atoms with van der Waals surface area (Å²) in [5.41, 5.74) is -0.285. The number of methoxy groups -OCH3 is 2. The van der Waals surface area contributed by atoms with E-state index in [0.717, 1.165) is 0 Å². The maximum absolute atomic E-state index is 11.0. The van der Waals surface area contributed by atoms with Crippen LogP contribution in [0.15, 0.2) is 16.9 Å². The van der Waals surface area contributed by atoms with Crippen LogP contribution in [0.4, 0.5) is 0 Å². The van der Waals surface area contributed by atoms with Crippen LogP contribution in [0.25, 0.3) is 0 Å². The second-order valence-corrected chi connectivity index (χ2v) is 1.92. The molecule has 0 amide bonds. The summed E-state index contributed by atoms with van der Waals surface area (Å²) < 4.78 is 9.53. The van der Waals surface area contributed by atoms with Gasteiger partial charge in [-0.05, 0) is 6.07 Å². The van der Waals surface area contributed by atoms with Crippen molar-refractivity contribution in [3.05, 3.63) is 22.5 Å². The Morgan fingerprint density at radius 3 is 2.45 bits per heavy atom. The zero-order chi connectivity index (χ0) is 8.27. The summed E-state index contributed by atoms with van der Waals surface area (Å²) in [7, 11) is 2.93. The third-order valence-electron chi connectivity index (χ3n) is 1.29. The fraction of sp³-hybridized carbons (Fsp3) is 0.286. The predicted molar refractivity (Wildman–Crippen MR) is 40.2 cm³/mol. The van der Waals surface area contributed by atoms with E-state index < -0.39 is 0 Å². The van der Waals surface area contributed by atoms with Crippen molar-refractivity contribution in [3.8, 4) is 11.6 Å². The molecule has 11 heavy (non-hydrogen) atoms. The smallest absolute Gasteiger partial charge is 0.293 e. The van der Waals surface area contributed by atoms with Gasteiger partial charge in [0.15, 0.2) is 11.6 Å². The Morgan fingerprint density at radius 2 is 2.00 bits per heavy atom. The lowest BCUT2D eigenvalue weighted by Gasteiger charge is -2.00.